The Morgan fingerprint density at radius 3 is 2.78 bits per heavy atom. The molecule has 18 heavy (non-hydrogen) atoms. The molecule has 0 radical (unpaired) electrons. The molecule has 4 nitrogen and oxygen atoms in total. The maximum absolute atomic E-state index is 11.3. The Balaban J connectivity index is 2.49. The predicted octanol–water partition coefficient (Wildman–Crippen LogP) is 2.40. The summed E-state index contributed by atoms with van der Waals surface area (Å²) >= 11 is 5.94. The second-order valence-corrected chi connectivity index (χ2v) is 4.42. The molecule has 0 spiro atoms. The number of halogens is 1. The van der Waals surface area contributed by atoms with Crippen LogP contribution in [0.15, 0.2) is 18.2 Å². The highest BCUT2D eigenvalue weighted by Gasteiger charge is 2.08. The first-order valence-electron chi connectivity index (χ1n) is 5.63. The van der Waals surface area contributed by atoms with Crippen LogP contribution in [0.3, 0.4) is 0 Å². The minimum atomic E-state index is 0.0494. The lowest BCUT2D eigenvalue weighted by Crippen LogP contribution is -2.21. The van der Waals surface area contributed by atoms with Crippen molar-refractivity contribution in [2.75, 3.05) is 20.7 Å². The van der Waals surface area contributed by atoms with Crippen molar-refractivity contribution < 1.29 is 14.3 Å². The van der Waals surface area contributed by atoms with E-state index in [-0.39, 0.29) is 5.91 Å². The lowest BCUT2D eigenvalue weighted by atomic mass is 10.2. The number of ether oxygens (including phenoxy) is 1. The van der Waals surface area contributed by atoms with Crippen molar-refractivity contribution in [2.24, 2.45) is 0 Å². The zero-order valence-corrected chi connectivity index (χ0v) is 11.2. The molecule has 1 amide bonds. The number of hydrogen-bond acceptors (Lipinski definition) is 3. The number of para-hydroxylation sites is 1. The lowest BCUT2D eigenvalue weighted by molar-refractivity contribution is -0.128. The van der Waals surface area contributed by atoms with Crippen molar-refractivity contribution in [1.82, 2.24) is 4.90 Å². The SMILES string of the molecule is CN(C)C(=O)CCCOc1c(Cl)cccc1C=O. The maximum Gasteiger partial charge on any atom is 0.222 e. The van der Waals surface area contributed by atoms with Crippen molar-refractivity contribution in [3.05, 3.63) is 28.8 Å². The van der Waals surface area contributed by atoms with E-state index in [1.165, 1.54) is 4.90 Å². The summed E-state index contributed by atoms with van der Waals surface area (Å²) in [7, 11) is 3.42. The van der Waals surface area contributed by atoms with Crippen molar-refractivity contribution in [1.29, 1.82) is 0 Å². The number of hydrogen-bond donors (Lipinski definition) is 0. The first-order chi connectivity index (χ1) is 8.56. The minimum Gasteiger partial charge on any atom is -0.491 e. The summed E-state index contributed by atoms with van der Waals surface area (Å²) in [6.45, 7) is 0.351. The Morgan fingerprint density at radius 1 is 1.44 bits per heavy atom. The van der Waals surface area contributed by atoms with E-state index in [2.05, 4.69) is 0 Å². The topological polar surface area (TPSA) is 46.6 Å². The molecule has 1 aromatic rings. The minimum absolute atomic E-state index is 0.0494. The van der Waals surface area contributed by atoms with Gasteiger partial charge in [0.15, 0.2) is 6.29 Å². The van der Waals surface area contributed by atoms with E-state index in [0.29, 0.717) is 42.1 Å². The number of carbonyl (C=O) groups is 2. The van der Waals surface area contributed by atoms with Gasteiger partial charge in [-0.2, -0.15) is 0 Å². The Kier molecular flexibility index (Phi) is 5.65. The third-order valence-corrected chi connectivity index (χ3v) is 2.70. The molecule has 0 aromatic heterocycles. The van der Waals surface area contributed by atoms with E-state index >= 15 is 0 Å². The zero-order chi connectivity index (χ0) is 13.5. The summed E-state index contributed by atoms with van der Waals surface area (Å²) in [4.78, 5) is 23.7. The van der Waals surface area contributed by atoms with E-state index in [1.807, 2.05) is 0 Å². The second-order valence-electron chi connectivity index (χ2n) is 4.02. The van der Waals surface area contributed by atoms with Crippen molar-refractivity contribution >= 4 is 23.8 Å². The second kappa shape index (κ2) is 7.01. The molecule has 0 aliphatic rings. The van der Waals surface area contributed by atoms with Crippen LogP contribution >= 0.6 is 11.6 Å². The monoisotopic (exact) mass is 269 g/mol. The number of carbonyl (C=O) groups excluding carboxylic acids is 2. The van der Waals surface area contributed by atoms with Gasteiger partial charge in [0, 0.05) is 20.5 Å². The summed E-state index contributed by atoms with van der Waals surface area (Å²) in [6, 6.07) is 4.99. The normalized spacial score (nSPS) is 9.94. The zero-order valence-electron chi connectivity index (χ0n) is 10.5. The Hall–Kier alpha value is -1.55. The Morgan fingerprint density at radius 2 is 2.17 bits per heavy atom. The van der Waals surface area contributed by atoms with E-state index in [1.54, 1.807) is 32.3 Å². The molecule has 0 fully saturated rings. The molecule has 0 aliphatic heterocycles. The average Bonchev–Trinajstić information content (AvgIpc) is 2.35. The molecule has 0 heterocycles. The molecule has 0 aliphatic carbocycles. The highest BCUT2D eigenvalue weighted by atomic mass is 35.5. The van der Waals surface area contributed by atoms with Crippen LogP contribution in [-0.4, -0.2) is 37.8 Å². The van der Waals surface area contributed by atoms with Crippen LogP contribution in [0.2, 0.25) is 5.02 Å². The molecule has 5 heteroatoms. The van der Waals surface area contributed by atoms with Crippen molar-refractivity contribution in [2.45, 2.75) is 12.8 Å². The van der Waals surface area contributed by atoms with Gasteiger partial charge < -0.3 is 9.64 Å². The lowest BCUT2D eigenvalue weighted by Gasteiger charge is -2.12. The number of amides is 1. The van der Waals surface area contributed by atoms with Gasteiger partial charge in [-0.15, -0.1) is 0 Å². The maximum atomic E-state index is 11.3. The quantitative estimate of drug-likeness (QED) is 0.588. The summed E-state index contributed by atoms with van der Waals surface area (Å²) in [5.41, 5.74) is 0.418. The Bertz CT molecular complexity index is 432. The molecule has 1 rings (SSSR count). The standard InChI is InChI=1S/C13H16ClNO3/c1-15(2)12(17)7-4-8-18-13-10(9-16)5-3-6-11(13)14/h3,5-6,9H,4,7-8H2,1-2H3. The molecule has 1 aromatic carbocycles. The highest BCUT2D eigenvalue weighted by molar-refractivity contribution is 6.32. The summed E-state index contributed by atoms with van der Waals surface area (Å²) in [5.74, 6) is 0.430. The van der Waals surface area contributed by atoms with E-state index in [9.17, 15) is 9.59 Å². The molecule has 0 saturated carbocycles. The average molecular weight is 270 g/mol. The van der Waals surface area contributed by atoms with Gasteiger partial charge in [-0.3, -0.25) is 9.59 Å². The fourth-order valence-electron chi connectivity index (χ4n) is 1.39. The number of nitrogens with zero attached hydrogens (tertiary/aromatic N) is 1. The largest absolute Gasteiger partial charge is 0.491 e. The van der Waals surface area contributed by atoms with Gasteiger partial charge in [0.1, 0.15) is 5.75 Å². The van der Waals surface area contributed by atoms with Crippen LogP contribution in [0.1, 0.15) is 23.2 Å². The first kappa shape index (κ1) is 14.5. The highest BCUT2D eigenvalue weighted by Crippen LogP contribution is 2.27. The van der Waals surface area contributed by atoms with Gasteiger partial charge in [-0.05, 0) is 18.6 Å². The Labute approximate surface area is 111 Å². The van der Waals surface area contributed by atoms with Gasteiger partial charge >= 0.3 is 0 Å². The summed E-state index contributed by atoms with van der Waals surface area (Å²) in [6.07, 6.45) is 1.70. The first-order valence-corrected chi connectivity index (χ1v) is 6.00. The molecule has 0 bridgehead atoms. The van der Waals surface area contributed by atoms with Crippen LogP contribution in [0.25, 0.3) is 0 Å². The van der Waals surface area contributed by atoms with Crippen LogP contribution in [0.4, 0.5) is 0 Å². The molecule has 98 valence electrons. The third-order valence-electron chi connectivity index (χ3n) is 2.40. The molecule has 0 saturated heterocycles. The molecular weight excluding hydrogens is 254 g/mol. The van der Waals surface area contributed by atoms with Crippen LogP contribution in [0, 0.1) is 0 Å². The molecule has 0 unspecified atom stereocenters. The van der Waals surface area contributed by atoms with Crippen LogP contribution in [-0.2, 0) is 4.79 Å². The van der Waals surface area contributed by atoms with Gasteiger partial charge in [-0.1, -0.05) is 17.7 Å². The molecule has 0 atom stereocenters. The fourth-order valence-corrected chi connectivity index (χ4v) is 1.63. The van der Waals surface area contributed by atoms with Crippen molar-refractivity contribution in [3.63, 3.8) is 0 Å². The van der Waals surface area contributed by atoms with Crippen molar-refractivity contribution in [3.8, 4) is 5.75 Å². The van der Waals surface area contributed by atoms with Gasteiger partial charge in [-0.25, -0.2) is 0 Å². The number of aldehydes is 1. The van der Waals surface area contributed by atoms with Gasteiger partial charge in [0.25, 0.3) is 0 Å². The summed E-state index contributed by atoms with van der Waals surface area (Å²) in [5, 5.41) is 0.401. The summed E-state index contributed by atoms with van der Waals surface area (Å²) < 4.78 is 5.46. The van der Waals surface area contributed by atoms with Gasteiger partial charge in [0.2, 0.25) is 5.91 Å². The number of rotatable bonds is 6. The third kappa shape index (κ3) is 4.04. The smallest absolute Gasteiger partial charge is 0.222 e. The number of benzene rings is 1. The van der Waals surface area contributed by atoms with E-state index in [4.69, 9.17) is 16.3 Å². The molecule has 0 N–H and O–H groups in total. The predicted molar refractivity (Wildman–Crippen MR) is 70.3 cm³/mol. The fraction of sp³-hybridized carbons (Fsp3) is 0.385. The van der Waals surface area contributed by atoms with Crippen LogP contribution in [0.5, 0.6) is 5.75 Å². The van der Waals surface area contributed by atoms with Gasteiger partial charge in [0.05, 0.1) is 17.2 Å². The van der Waals surface area contributed by atoms with E-state index in [0.717, 1.165) is 0 Å². The van der Waals surface area contributed by atoms with Crippen LogP contribution < -0.4 is 4.74 Å². The molecular formula is C13H16ClNO3. The van der Waals surface area contributed by atoms with E-state index < -0.39 is 0 Å².